The molecule has 0 aliphatic rings. The van der Waals surface area contributed by atoms with Crippen LogP contribution in [0.4, 0.5) is 0 Å². The van der Waals surface area contributed by atoms with Crippen molar-refractivity contribution < 1.29 is 0 Å². The Balaban J connectivity index is 2.15. The summed E-state index contributed by atoms with van der Waals surface area (Å²) in [5.74, 6) is 0. The molecule has 0 saturated heterocycles. The number of alkyl halides is 4. The van der Waals surface area contributed by atoms with E-state index in [4.69, 9.17) is 0 Å². The highest BCUT2D eigenvalue weighted by molar-refractivity contribution is 9.12. The van der Waals surface area contributed by atoms with Crippen LogP contribution in [-0.4, -0.2) is 0 Å². The second kappa shape index (κ2) is 8.11. The van der Waals surface area contributed by atoms with Crippen LogP contribution in [0.15, 0.2) is 48.5 Å². The van der Waals surface area contributed by atoms with Crippen molar-refractivity contribution in [1.82, 2.24) is 0 Å². The summed E-state index contributed by atoms with van der Waals surface area (Å²) >= 11 is 14.6. The standard InChI is InChI=1S/C16H14Br4/c17-9-11-1-5-13(6-2-11)15(19)16(20)14-7-3-12(10-18)4-8-14/h1-8,15-16H,9-10H2. The Morgan fingerprint density at radius 3 is 1.15 bits per heavy atom. The van der Waals surface area contributed by atoms with Gasteiger partial charge in [-0.25, -0.2) is 0 Å². The summed E-state index contributed by atoms with van der Waals surface area (Å²) in [5, 5.41) is 1.79. The lowest BCUT2D eigenvalue weighted by Gasteiger charge is -2.18. The van der Waals surface area contributed by atoms with Gasteiger partial charge in [-0.15, -0.1) is 0 Å². The van der Waals surface area contributed by atoms with Crippen molar-refractivity contribution in [2.45, 2.75) is 20.3 Å². The van der Waals surface area contributed by atoms with Crippen molar-refractivity contribution in [2.24, 2.45) is 0 Å². The van der Waals surface area contributed by atoms with E-state index in [1.54, 1.807) is 0 Å². The highest BCUT2D eigenvalue weighted by atomic mass is 79.9. The predicted octanol–water partition coefficient (Wildman–Crippen LogP) is 7.05. The Morgan fingerprint density at radius 2 is 0.900 bits per heavy atom. The fraction of sp³-hybridized carbons (Fsp3) is 0.250. The largest absolute Gasteiger partial charge is 0.0876 e. The maximum atomic E-state index is 3.80. The number of halogens is 4. The van der Waals surface area contributed by atoms with E-state index in [0.29, 0.717) is 0 Å². The first-order valence-electron chi connectivity index (χ1n) is 6.23. The Hall–Kier alpha value is 0.360. The number of benzene rings is 2. The van der Waals surface area contributed by atoms with Gasteiger partial charge in [0.2, 0.25) is 0 Å². The van der Waals surface area contributed by atoms with E-state index in [1.165, 1.54) is 22.3 Å². The lowest BCUT2D eigenvalue weighted by Crippen LogP contribution is -1.99. The lowest BCUT2D eigenvalue weighted by atomic mass is 10.0. The molecule has 2 aromatic carbocycles. The van der Waals surface area contributed by atoms with Crippen LogP contribution < -0.4 is 0 Å². The van der Waals surface area contributed by atoms with E-state index in [9.17, 15) is 0 Å². The molecular formula is C16H14Br4. The monoisotopic (exact) mass is 522 g/mol. The zero-order chi connectivity index (χ0) is 14.5. The summed E-state index contributed by atoms with van der Waals surface area (Å²) < 4.78 is 0. The molecule has 106 valence electrons. The molecule has 0 spiro atoms. The van der Waals surface area contributed by atoms with Crippen LogP contribution in [0.2, 0.25) is 0 Å². The zero-order valence-electron chi connectivity index (χ0n) is 10.7. The summed E-state index contributed by atoms with van der Waals surface area (Å²) in [7, 11) is 0. The molecule has 0 aromatic heterocycles. The average molecular weight is 526 g/mol. The fourth-order valence-electron chi connectivity index (χ4n) is 1.92. The minimum atomic E-state index is 0.252. The lowest BCUT2D eigenvalue weighted by molar-refractivity contribution is 0.936. The van der Waals surface area contributed by atoms with Gasteiger partial charge < -0.3 is 0 Å². The number of hydrogen-bond acceptors (Lipinski definition) is 0. The van der Waals surface area contributed by atoms with Crippen molar-refractivity contribution in [3.8, 4) is 0 Å². The topological polar surface area (TPSA) is 0 Å². The van der Waals surface area contributed by atoms with Gasteiger partial charge in [0.15, 0.2) is 0 Å². The van der Waals surface area contributed by atoms with Crippen molar-refractivity contribution in [2.75, 3.05) is 0 Å². The van der Waals surface area contributed by atoms with Crippen LogP contribution in [0.5, 0.6) is 0 Å². The van der Waals surface area contributed by atoms with E-state index < -0.39 is 0 Å². The van der Waals surface area contributed by atoms with E-state index in [1.807, 2.05) is 0 Å². The second-order valence-electron chi connectivity index (χ2n) is 4.55. The Morgan fingerprint density at radius 1 is 0.600 bits per heavy atom. The molecule has 0 amide bonds. The minimum Gasteiger partial charge on any atom is -0.0876 e. The molecule has 0 radical (unpaired) electrons. The summed E-state index contributed by atoms with van der Waals surface area (Å²) in [4.78, 5) is 0.503. The molecule has 2 unspecified atom stereocenters. The molecule has 0 N–H and O–H groups in total. The first-order valence-corrected chi connectivity index (χ1v) is 10.3. The van der Waals surface area contributed by atoms with Gasteiger partial charge in [0.25, 0.3) is 0 Å². The first kappa shape index (κ1) is 16.7. The van der Waals surface area contributed by atoms with E-state index >= 15 is 0 Å². The maximum Gasteiger partial charge on any atom is 0.0561 e. The molecule has 0 fully saturated rings. The van der Waals surface area contributed by atoms with Crippen molar-refractivity contribution in [3.05, 3.63) is 70.8 Å². The molecule has 20 heavy (non-hydrogen) atoms. The molecule has 0 aliphatic carbocycles. The van der Waals surface area contributed by atoms with Crippen LogP contribution in [0.3, 0.4) is 0 Å². The average Bonchev–Trinajstić information content (AvgIpc) is 2.53. The zero-order valence-corrected chi connectivity index (χ0v) is 17.0. The summed E-state index contributed by atoms with van der Waals surface area (Å²) in [6.45, 7) is 0. The van der Waals surface area contributed by atoms with Crippen LogP contribution in [-0.2, 0) is 10.7 Å². The first-order chi connectivity index (χ1) is 9.65. The minimum absolute atomic E-state index is 0.252. The summed E-state index contributed by atoms with van der Waals surface area (Å²) in [5.41, 5.74) is 5.14. The molecule has 4 heteroatoms. The van der Waals surface area contributed by atoms with E-state index in [0.717, 1.165) is 10.7 Å². The Labute approximate surface area is 153 Å². The van der Waals surface area contributed by atoms with Gasteiger partial charge in [-0.2, -0.15) is 0 Å². The third kappa shape index (κ3) is 4.19. The maximum absolute atomic E-state index is 3.80. The van der Waals surface area contributed by atoms with E-state index in [2.05, 4.69) is 112 Å². The van der Waals surface area contributed by atoms with Crippen LogP contribution in [0, 0.1) is 0 Å². The third-order valence-electron chi connectivity index (χ3n) is 3.16. The molecule has 2 rings (SSSR count). The highest BCUT2D eigenvalue weighted by Crippen LogP contribution is 2.42. The van der Waals surface area contributed by atoms with Gasteiger partial charge in [0.05, 0.1) is 9.65 Å². The molecule has 0 heterocycles. The molecule has 0 bridgehead atoms. The fourth-order valence-corrected chi connectivity index (χ4v) is 3.89. The van der Waals surface area contributed by atoms with Crippen LogP contribution in [0.25, 0.3) is 0 Å². The predicted molar refractivity (Wildman–Crippen MR) is 101 cm³/mol. The third-order valence-corrected chi connectivity index (χ3v) is 7.28. The van der Waals surface area contributed by atoms with Crippen molar-refractivity contribution in [3.63, 3.8) is 0 Å². The highest BCUT2D eigenvalue weighted by Gasteiger charge is 2.19. The molecular weight excluding hydrogens is 512 g/mol. The summed E-state index contributed by atoms with van der Waals surface area (Å²) in [6.07, 6.45) is 0. The van der Waals surface area contributed by atoms with Gasteiger partial charge in [0.1, 0.15) is 0 Å². The van der Waals surface area contributed by atoms with Gasteiger partial charge in [-0.3, -0.25) is 0 Å². The van der Waals surface area contributed by atoms with Gasteiger partial charge in [0, 0.05) is 10.7 Å². The van der Waals surface area contributed by atoms with Crippen molar-refractivity contribution >= 4 is 63.7 Å². The molecule has 0 saturated carbocycles. The number of hydrogen-bond donors (Lipinski definition) is 0. The molecule has 0 nitrogen and oxygen atoms in total. The molecule has 0 aliphatic heterocycles. The van der Waals surface area contributed by atoms with Crippen molar-refractivity contribution in [1.29, 1.82) is 0 Å². The normalized spacial score (nSPS) is 14.0. The molecule has 2 aromatic rings. The van der Waals surface area contributed by atoms with E-state index in [-0.39, 0.29) is 9.65 Å². The Bertz CT molecular complexity index is 482. The molecule has 2 atom stereocenters. The van der Waals surface area contributed by atoms with Gasteiger partial charge in [-0.05, 0) is 22.3 Å². The van der Waals surface area contributed by atoms with Gasteiger partial charge >= 0.3 is 0 Å². The quantitative estimate of drug-likeness (QED) is 0.367. The van der Waals surface area contributed by atoms with Crippen LogP contribution >= 0.6 is 63.7 Å². The summed E-state index contributed by atoms with van der Waals surface area (Å²) in [6, 6.07) is 17.3. The van der Waals surface area contributed by atoms with Crippen LogP contribution in [0.1, 0.15) is 31.9 Å². The second-order valence-corrected chi connectivity index (χ2v) is 7.65. The smallest absolute Gasteiger partial charge is 0.0561 e. The SMILES string of the molecule is BrCc1ccc(C(Br)C(Br)c2ccc(CBr)cc2)cc1. The Kier molecular flexibility index (Phi) is 6.79. The number of rotatable bonds is 5. The van der Waals surface area contributed by atoms with Gasteiger partial charge in [-0.1, -0.05) is 112 Å².